The summed E-state index contributed by atoms with van der Waals surface area (Å²) in [5.41, 5.74) is 4.89. The molecule has 0 saturated carbocycles. The lowest BCUT2D eigenvalue weighted by atomic mass is 10.0. The molecule has 2 N–H and O–H groups in total. The second kappa shape index (κ2) is 10.8. The van der Waals surface area contributed by atoms with Gasteiger partial charge in [-0.1, -0.05) is 36.4 Å². The van der Waals surface area contributed by atoms with Crippen molar-refractivity contribution in [3.8, 4) is 11.4 Å². The largest absolute Gasteiger partial charge is 0.495 e. The number of methoxy groups -OCH3 is 1. The fraction of sp³-hybridized carbons (Fsp3) is 0.207. The highest BCUT2D eigenvalue weighted by molar-refractivity contribution is 7.80. The monoisotopic (exact) mass is 511 g/mol. The van der Waals surface area contributed by atoms with Crippen molar-refractivity contribution in [1.82, 2.24) is 19.8 Å². The van der Waals surface area contributed by atoms with Crippen LogP contribution in [-0.2, 0) is 4.79 Å². The maximum Gasteiger partial charge on any atom is 0.226 e. The van der Waals surface area contributed by atoms with Gasteiger partial charge in [-0.3, -0.25) is 9.78 Å². The van der Waals surface area contributed by atoms with Crippen LogP contribution in [-0.4, -0.2) is 39.1 Å². The summed E-state index contributed by atoms with van der Waals surface area (Å²) in [7, 11) is 1.59. The number of pyridine rings is 1. The summed E-state index contributed by atoms with van der Waals surface area (Å²) in [6.07, 6.45) is 4.12. The van der Waals surface area contributed by atoms with E-state index in [1.807, 2.05) is 60.7 Å². The molecule has 2 atom stereocenters. The van der Waals surface area contributed by atoms with Crippen LogP contribution in [0.1, 0.15) is 35.5 Å². The Balaban J connectivity index is 1.45. The number of benzene rings is 2. The van der Waals surface area contributed by atoms with Crippen LogP contribution in [0.3, 0.4) is 0 Å². The van der Waals surface area contributed by atoms with Gasteiger partial charge in [-0.15, -0.1) is 0 Å². The molecule has 0 spiro atoms. The van der Waals surface area contributed by atoms with Gasteiger partial charge in [0, 0.05) is 36.7 Å². The number of thiocarbonyl (C=S) groups is 1. The van der Waals surface area contributed by atoms with E-state index in [0.29, 0.717) is 23.1 Å². The first-order valence-corrected chi connectivity index (χ1v) is 12.6. The minimum absolute atomic E-state index is 0.110. The Hall–Kier alpha value is -4.17. The Kier molecular flexibility index (Phi) is 7.18. The predicted molar refractivity (Wildman–Crippen MR) is 149 cm³/mol. The van der Waals surface area contributed by atoms with Gasteiger partial charge in [0.25, 0.3) is 0 Å². The Morgan fingerprint density at radius 1 is 1.05 bits per heavy atom. The van der Waals surface area contributed by atoms with Gasteiger partial charge < -0.3 is 24.8 Å². The van der Waals surface area contributed by atoms with Crippen molar-refractivity contribution < 1.29 is 9.53 Å². The number of ether oxygens (including phenoxy) is 1. The van der Waals surface area contributed by atoms with E-state index in [2.05, 4.69) is 56.4 Å². The maximum absolute atomic E-state index is 12.9. The third kappa shape index (κ3) is 5.06. The molecule has 188 valence electrons. The van der Waals surface area contributed by atoms with Gasteiger partial charge in [0.05, 0.1) is 30.6 Å². The van der Waals surface area contributed by atoms with E-state index in [-0.39, 0.29) is 24.4 Å². The van der Waals surface area contributed by atoms with Crippen LogP contribution in [0.15, 0.2) is 91.3 Å². The highest BCUT2D eigenvalue weighted by Crippen LogP contribution is 2.40. The van der Waals surface area contributed by atoms with Gasteiger partial charge in [0.1, 0.15) is 5.75 Å². The van der Waals surface area contributed by atoms with Gasteiger partial charge in [-0.2, -0.15) is 0 Å². The molecule has 1 amide bonds. The molecule has 37 heavy (non-hydrogen) atoms. The Labute approximate surface area is 222 Å². The van der Waals surface area contributed by atoms with E-state index in [0.717, 1.165) is 17.1 Å². The summed E-state index contributed by atoms with van der Waals surface area (Å²) in [5, 5.41) is 7.04. The smallest absolute Gasteiger partial charge is 0.226 e. The predicted octanol–water partition coefficient (Wildman–Crippen LogP) is 5.19. The lowest BCUT2D eigenvalue weighted by Gasteiger charge is -2.29. The van der Waals surface area contributed by atoms with Crippen molar-refractivity contribution in [3.63, 3.8) is 0 Å². The highest BCUT2D eigenvalue weighted by atomic mass is 32.1. The molecule has 0 unspecified atom stereocenters. The van der Waals surface area contributed by atoms with Gasteiger partial charge in [0.2, 0.25) is 5.91 Å². The molecular weight excluding hydrogens is 482 g/mol. The van der Waals surface area contributed by atoms with Crippen LogP contribution in [0.2, 0.25) is 0 Å². The average Bonchev–Trinajstić information content (AvgIpc) is 3.52. The molecule has 2 aromatic carbocycles. The molecule has 0 bridgehead atoms. The van der Waals surface area contributed by atoms with Gasteiger partial charge in [-0.25, -0.2) is 0 Å². The number of hydrogen-bond donors (Lipinski definition) is 2. The van der Waals surface area contributed by atoms with Crippen LogP contribution in [0.4, 0.5) is 5.69 Å². The zero-order chi connectivity index (χ0) is 25.8. The maximum atomic E-state index is 12.9. The topological polar surface area (TPSA) is 71.4 Å². The number of rotatable bonds is 8. The SMILES string of the molecule is COc1ccccc1NC(=O)CCN1C(=S)N[C@@H](c2ccccn2)[C@@H]1c1cccn1-c1ccccc1C. The van der Waals surface area contributed by atoms with Gasteiger partial charge in [-0.05, 0) is 67.2 Å². The van der Waals surface area contributed by atoms with Crippen LogP contribution >= 0.6 is 12.2 Å². The second-order valence-corrected chi connectivity index (χ2v) is 9.29. The van der Waals surface area contributed by atoms with Gasteiger partial charge >= 0.3 is 0 Å². The van der Waals surface area contributed by atoms with Crippen LogP contribution in [0, 0.1) is 6.92 Å². The van der Waals surface area contributed by atoms with Crippen LogP contribution in [0.5, 0.6) is 5.75 Å². The van der Waals surface area contributed by atoms with E-state index < -0.39 is 0 Å². The van der Waals surface area contributed by atoms with E-state index >= 15 is 0 Å². The highest BCUT2D eigenvalue weighted by Gasteiger charge is 2.41. The zero-order valence-corrected chi connectivity index (χ0v) is 21.6. The van der Waals surface area contributed by atoms with Crippen molar-refractivity contribution in [2.24, 2.45) is 0 Å². The van der Waals surface area contributed by atoms with Gasteiger partial charge in [0.15, 0.2) is 5.11 Å². The fourth-order valence-electron chi connectivity index (χ4n) is 4.84. The number of para-hydroxylation sites is 3. The standard InChI is InChI=1S/C29H29N5O2S/c1-20-10-3-5-13-23(20)33-18-9-14-24(33)28-27(22-12-7-8-17-30-22)32-29(37)34(28)19-16-26(35)31-21-11-4-6-15-25(21)36-2/h3-15,17-18,27-28H,16,19H2,1-2H3,(H,31,35)(H,32,37)/t27-,28-/m0/s1. The molecule has 3 heterocycles. The number of aromatic nitrogens is 2. The van der Waals surface area contributed by atoms with Crippen molar-refractivity contribution in [2.45, 2.75) is 25.4 Å². The summed E-state index contributed by atoms with van der Waals surface area (Å²) in [4.78, 5) is 19.7. The number of anilines is 1. The first-order chi connectivity index (χ1) is 18.1. The van der Waals surface area contributed by atoms with E-state index in [1.54, 1.807) is 13.3 Å². The third-order valence-electron chi connectivity index (χ3n) is 6.62. The first-order valence-electron chi connectivity index (χ1n) is 12.2. The van der Waals surface area contributed by atoms with Crippen molar-refractivity contribution in [2.75, 3.05) is 19.0 Å². The summed E-state index contributed by atoms with van der Waals surface area (Å²) in [6.45, 7) is 2.55. The van der Waals surface area contributed by atoms with Crippen molar-refractivity contribution in [3.05, 3.63) is 108 Å². The first kappa shape index (κ1) is 24.5. The number of aryl methyl sites for hydroxylation is 1. The summed E-state index contributed by atoms with van der Waals surface area (Å²) >= 11 is 5.80. The molecule has 1 fully saturated rings. The fourth-order valence-corrected chi connectivity index (χ4v) is 5.17. The molecule has 1 aliphatic heterocycles. The molecule has 7 nitrogen and oxygen atoms in total. The molecule has 1 aliphatic rings. The normalized spacial score (nSPS) is 16.9. The minimum atomic E-state index is -0.163. The van der Waals surface area contributed by atoms with E-state index in [9.17, 15) is 4.79 Å². The summed E-state index contributed by atoms with van der Waals surface area (Å²) < 4.78 is 7.57. The lowest BCUT2D eigenvalue weighted by Crippen LogP contribution is -2.33. The van der Waals surface area contributed by atoms with E-state index in [1.165, 1.54) is 5.56 Å². The quantitative estimate of drug-likeness (QED) is 0.317. The number of amides is 1. The molecule has 1 saturated heterocycles. The molecular formula is C29H29N5O2S. The Bertz CT molecular complexity index is 1400. The Morgan fingerprint density at radius 2 is 1.84 bits per heavy atom. The minimum Gasteiger partial charge on any atom is -0.495 e. The van der Waals surface area contributed by atoms with Crippen LogP contribution < -0.4 is 15.4 Å². The summed E-state index contributed by atoms with van der Waals surface area (Å²) in [6, 6.07) is 25.4. The summed E-state index contributed by atoms with van der Waals surface area (Å²) in [5.74, 6) is 0.514. The molecule has 4 aromatic rings. The number of carbonyl (C=O) groups excluding carboxylic acids is 1. The molecule has 5 rings (SSSR count). The average molecular weight is 512 g/mol. The van der Waals surface area contributed by atoms with Crippen molar-refractivity contribution in [1.29, 1.82) is 0 Å². The number of hydrogen-bond acceptors (Lipinski definition) is 4. The second-order valence-electron chi connectivity index (χ2n) is 8.91. The molecule has 0 aliphatic carbocycles. The van der Waals surface area contributed by atoms with E-state index in [4.69, 9.17) is 17.0 Å². The number of carbonyl (C=O) groups is 1. The molecule has 2 aromatic heterocycles. The molecule has 0 radical (unpaired) electrons. The van der Waals surface area contributed by atoms with Crippen molar-refractivity contribution >= 4 is 28.9 Å². The number of nitrogens with zero attached hydrogens (tertiary/aromatic N) is 3. The Morgan fingerprint density at radius 3 is 2.62 bits per heavy atom. The third-order valence-corrected chi connectivity index (χ3v) is 6.97. The lowest BCUT2D eigenvalue weighted by molar-refractivity contribution is -0.116. The molecule has 8 heteroatoms. The zero-order valence-electron chi connectivity index (χ0n) is 20.8. The van der Waals surface area contributed by atoms with Crippen LogP contribution in [0.25, 0.3) is 5.69 Å². The number of nitrogens with one attached hydrogen (secondary N) is 2.